The van der Waals surface area contributed by atoms with Gasteiger partial charge in [0.25, 0.3) is 5.91 Å². The fourth-order valence-electron chi connectivity index (χ4n) is 1.84. The van der Waals surface area contributed by atoms with E-state index in [0.29, 0.717) is 27.9 Å². The molecule has 0 spiro atoms. The summed E-state index contributed by atoms with van der Waals surface area (Å²) in [4.78, 5) is 12.2. The monoisotopic (exact) mass is 337 g/mol. The highest BCUT2D eigenvalue weighted by Crippen LogP contribution is 2.23. The first kappa shape index (κ1) is 16.7. The third-order valence-corrected chi connectivity index (χ3v) is 3.60. The maximum atomic E-state index is 12.2. The summed E-state index contributed by atoms with van der Waals surface area (Å²) in [5.41, 5.74) is 1.06. The second-order valence-corrected chi connectivity index (χ2v) is 5.65. The minimum Gasteiger partial charge on any atom is -0.494 e. The number of benzene rings is 2. The molecular formula is C17H17Cl2NO2. The number of carbonyl (C=O) groups excluding carboxylic acids is 1. The van der Waals surface area contributed by atoms with Crippen LogP contribution in [0.15, 0.2) is 42.5 Å². The van der Waals surface area contributed by atoms with E-state index in [1.165, 1.54) is 0 Å². The molecular weight excluding hydrogens is 321 g/mol. The van der Waals surface area contributed by atoms with Crippen LogP contribution >= 0.6 is 23.2 Å². The van der Waals surface area contributed by atoms with Crippen LogP contribution in [0, 0.1) is 0 Å². The minimum atomic E-state index is -0.277. The van der Waals surface area contributed by atoms with Gasteiger partial charge in [-0.3, -0.25) is 4.79 Å². The first-order valence-corrected chi connectivity index (χ1v) is 7.85. The molecule has 0 fully saturated rings. The van der Waals surface area contributed by atoms with E-state index in [1.807, 2.05) is 12.1 Å². The first-order valence-electron chi connectivity index (χ1n) is 7.09. The number of unbranched alkanes of at least 4 members (excludes halogenated alkanes) is 1. The zero-order valence-electron chi connectivity index (χ0n) is 12.2. The summed E-state index contributed by atoms with van der Waals surface area (Å²) < 4.78 is 5.57. The Morgan fingerprint density at radius 2 is 1.86 bits per heavy atom. The molecule has 0 saturated carbocycles. The summed E-state index contributed by atoms with van der Waals surface area (Å²) in [6.07, 6.45) is 2.11. The van der Waals surface area contributed by atoms with E-state index < -0.39 is 0 Å². The van der Waals surface area contributed by atoms with Gasteiger partial charge < -0.3 is 10.1 Å². The first-order chi connectivity index (χ1) is 10.6. The number of amides is 1. The number of ether oxygens (including phenoxy) is 1. The average molecular weight is 338 g/mol. The highest BCUT2D eigenvalue weighted by Gasteiger charge is 2.11. The van der Waals surface area contributed by atoms with Gasteiger partial charge in [-0.2, -0.15) is 0 Å². The van der Waals surface area contributed by atoms with Crippen LogP contribution in [0.5, 0.6) is 5.75 Å². The molecule has 2 rings (SSSR count). The van der Waals surface area contributed by atoms with E-state index in [4.69, 9.17) is 27.9 Å². The SMILES string of the molecule is CCCCOc1ccc(NC(=O)c2ccc(Cl)cc2Cl)cc1. The van der Waals surface area contributed by atoms with Crippen LogP contribution in [0.3, 0.4) is 0 Å². The van der Waals surface area contributed by atoms with Crippen molar-refractivity contribution in [2.24, 2.45) is 0 Å². The van der Waals surface area contributed by atoms with Crippen molar-refractivity contribution in [1.29, 1.82) is 0 Å². The van der Waals surface area contributed by atoms with Crippen molar-refractivity contribution in [2.75, 3.05) is 11.9 Å². The molecule has 2 aromatic carbocycles. The topological polar surface area (TPSA) is 38.3 Å². The zero-order chi connectivity index (χ0) is 15.9. The number of rotatable bonds is 6. The van der Waals surface area contributed by atoms with Gasteiger partial charge in [-0.1, -0.05) is 36.5 Å². The molecule has 1 amide bonds. The fourth-order valence-corrected chi connectivity index (χ4v) is 2.34. The Balaban J connectivity index is 1.99. The third kappa shape index (κ3) is 4.65. The third-order valence-electron chi connectivity index (χ3n) is 3.05. The molecule has 116 valence electrons. The summed E-state index contributed by atoms with van der Waals surface area (Å²) in [6, 6.07) is 12.0. The van der Waals surface area contributed by atoms with Crippen LogP contribution in [-0.2, 0) is 0 Å². The molecule has 0 radical (unpaired) electrons. The van der Waals surface area contributed by atoms with Gasteiger partial charge in [0.1, 0.15) is 5.75 Å². The van der Waals surface area contributed by atoms with Crippen LogP contribution in [0.2, 0.25) is 10.0 Å². The van der Waals surface area contributed by atoms with Crippen molar-refractivity contribution in [3.05, 3.63) is 58.1 Å². The molecule has 0 aliphatic carbocycles. The Hall–Kier alpha value is -1.71. The largest absolute Gasteiger partial charge is 0.494 e. The van der Waals surface area contributed by atoms with Gasteiger partial charge >= 0.3 is 0 Å². The summed E-state index contributed by atoms with van der Waals surface area (Å²) in [7, 11) is 0. The molecule has 0 saturated heterocycles. The van der Waals surface area contributed by atoms with Crippen LogP contribution in [0.25, 0.3) is 0 Å². The van der Waals surface area contributed by atoms with Gasteiger partial charge in [-0.25, -0.2) is 0 Å². The van der Waals surface area contributed by atoms with Crippen molar-refractivity contribution in [2.45, 2.75) is 19.8 Å². The molecule has 5 heteroatoms. The molecule has 3 nitrogen and oxygen atoms in total. The Morgan fingerprint density at radius 3 is 2.50 bits per heavy atom. The number of anilines is 1. The average Bonchev–Trinajstić information content (AvgIpc) is 2.49. The van der Waals surface area contributed by atoms with E-state index >= 15 is 0 Å². The van der Waals surface area contributed by atoms with Gasteiger partial charge in [0, 0.05) is 10.7 Å². The molecule has 0 aliphatic heterocycles. The second kappa shape index (κ2) is 8.06. The van der Waals surface area contributed by atoms with E-state index in [9.17, 15) is 4.79 Å². The lowest BCUT2D eigenvalue weighted by molar-refractivity contribution is 0.102. The van der Waals surface area contributed by atoms with E-state index in [-0.39, 0.29) is 5.91 Å². The smallest absolute Gasteiger partial charge is 0.257 e. The number of hydrogen-bond donors (Lipinski definition) is 1. The Labute approximate surface area is 140 Å². The van der Waals surface area contributed by atoms with Crippen LogP contribution < -0.4 is 10.1 Å². The van der Waals surface area contributed by atoms with Crippen LogP contribution in [-0.4, -0.2) is 12.5 Å². The molecule has 0 aromatic heterocycles. The predicted octanol–water partition coefficient (Wildman–Crippen LogP) is 5.42. The number of halogens is 2. The zero-order valence-corrected chi connectivity index (χ0v) is 13.7. The van der Waals surface area contributed by atoms with E-state index in [1.54, 1.807) is 30.3 Å². The number of hydrogen-bond acceptors (Lipinski definition) is 2. The lowest BCUT2D eigenvalue weighted by Crippen LogP contribution is -2.12. The lowest BCUT2D eigenvalue weighted by atomic mass is 10.2. The van der Waals surface area contributed by atoms with Crippen molar-refractivity contribution in [3.63, 3.8) is 0 Å². The maximum absolute atomic E-state index is 12.2. The van der Waals surface area contributed by atoms with Crippen molar-refractivity contribution in [3.8, 4) is 5.75 Å². The maximum Gasteiger partial charge on any atom is 0.257 e. The molecule has 0 aliphatic rings. The molecule has 0 bridgehead atoms. The quantitative estimate of drug-likeness (QED) is 0.714. The highest BCUT2D eigenvalue weighted by molar-refractivity contribution is 6.37. The fraction of sp³-hybridized carbons (Fsp3) is 0.235. The van der Waals surface area contributed by atoms with Crippen molar-refractivity contribution < 1.29 is 9.53 Å². The van der Waals surface area contributed by atoms with Gasteiger partial charge in [0.15, 0.2) is 0 Å². The van der Waals surface area contributed by atoms with Crippen molar-refractivity contribution in [1.82, 2.24) is 0 Å². The number of nitrogens with one attached hydrogen (secondary N) is 1. The Kier molecular flexibility index (Phi) is 6.10. The summed E-state index contributed by atoms with van der Waals surface area (Å²) >= 11 is 11.8. The normalized spacial score (nSPS) is 10.3. The van der Waals surface area contributed by atoms with E-state index in [0.717, 1.165) is 18.6 Å². The van der Waals surface area contributed by atoms with Crippen LogP contribution in [0.4, 0.5) is 5.69 Å². The van der Waals surface area contributed by atoms with Crippen LogP contribution in [0.1, 0.15) is 30.1 Å². The van der Waals surface area contributed by atoms with Gasteiger partial charge in [-0.05, 0) is 48.9 Å². The standard InChI is InChI=1S/C17H17Cl2NO2/c1-2-3-10-22-14-7-5-13(6-8-14)20-17(21)15-9-4-12(18)11-16(15)19/h4-9,11H,2-3,10H2,1H3,(H,20,21). The Morgan fingerprint density at radius 1 is 1.14 bits per heavy atom. The van der Waals surface area contributed by atoms with Gasteiger partial charge in [0.2, 0.25) is 0 Å². The summed E-state index contributed by atoms with van der Waals surface area (Å²) in [5, 5.41) is 3.61. The second-order valence-electron chi connectivity index (χ2n) is 4.80. The van der Waals surface area contributed by atoms with Gasteiger partial charge in [0.05, 0.1) is 17.2 Å². The summed E-state index contributed by atoms with van der Waals surface area (Å²) in [5.74, 6) is 0.511. The molecule has 22 heavy (non-hydrogen) atoms. The Bertz CT molecular complexity index is 642. The minimum absolute atomic E-state index is 0.277. The molecule has 0 atom stereocenters. The molecule has 2 aromatic rings. The van der Waals surface area contributed by atoms with Gasteiger partial charge in [-0.15, -0.1) is 0 Å². The molecule has 1 N–H and O–H groups in total. The molecule has 0 heterocycles. The molecule has 0 unspecified atom stereocenters. The van der Waals surface area contributed by atoms with E-state index in [2.05, 4.69) is 12.2 Å². The highest BCUT2D eigenvalue weighted by atomic mass is 35.5. The number of carbonyl (C=O) groups is 1. The van der Waals surface area contributed by atoms with Crippen molar-refractivity contribution >= 4 is 34.8 Å². The summed E-state index contributed by atoms with van der Waals surface area (Å²) in [6.45, 7) is 2.81. The predicted molar refractivity (Wildman–Crippen MR) is 91.3 cm³/mol. The lowest BCUT2D eigenvalue weighted by Gasteiger charge is -2.09.